The second-order valence-electron chi connectivity index (χ2n) is 6.20. The minimum Gasteiger partial charge on any atom is -0.480 e. The van der Waals surface area contributed by atoms with E-state index in [2.05, 4.69) is 5.32 Å². The highest BCUT2D eigenvalue weighted by Gasteiger charge is 2.26. The van der Waals surface area contributed by atoms with Gasteiger partial charge in [-0.1, -0.05) is 13.0 Å². The Balaban J connectivity index is 0.00000392. The van der Waals surface area contributed by atoms with Crippen molar-refractivity contribution in [3.05, 3.63) is 24.3 Å². The number of sulfonamides is 1. The fraction of sp³-hybridized carbons (Fsp3) is 0.529. The van der Waals surface area contributed by atoms with E-state index < -0.39 is 21.9 Å². The largest absolute Gasteiger partial charge is 0.480 e. The van der Waals surface area contributed by atoms with Gasteiger partial charge in [-0.2, -0.15) is 4.31 Å². The second-order valence-corrected chi connectivity index (χ2v) is 8.13. The lowest BCUT2D eigenvalue weighted by atomic mass is 10.3. The molecule has 1 saturated heterocycles. The number of nitrogens with one attached hydrogen (secondary N) is 1. The van der Waals surface area contributed by atoms with E-state index in [1.807, 2.05) is 6.92 Å². The first-order valence-corrected chi connectivity index (χ1v) is 10.2. The summed E-state index contributed by atoms with van der Waals surface area (Å²) in [5, 5.41) is 11.5. The number of aliphatic carboxylic acids is 1. The van der Waals surface area contributed by atoms with Crippen LogP contribution in [-0.2, 0) is 24.3 Å². The standard InChI is InChI=1S/C17H25N3O6S.ClH/c1-2-6-19(13-17(22)23)12-16(21)18-14-4-3-5-15(11-14)27(24,25)20-7-9-26-10-8-20;/h3-5,11H,2,6-10,12-13H2,1H3,(H,18,21)(H,22,23);1H. The molecule has 1 aromatic rings. The van der Waals surface area contributed by atoms with Gasteiger partial charge in [0.2, 0.25) is 15.9 Å². The summed E-state index contributed by atoms with van der Waals surface area (Å²) in [6, 6.07) is 6.04. The summed E-state index contributed by atoms with van der Waals surface area (Å²) in [6.07, 6.45) is 0.716. The molecule has 0 aliphatic carbocycles. The number of halogens is 1. The molecule has 1 heterocycles. The second kappa shape index (κ2) is 11.3. The molecule has 2 N–H and O–H groups in total. The Morgan fingerprint density at radius 3 is 2.54 bits per heavy atom. The molecule has 9 nitrogen and oxygen atoms in total. The van der Waals surface area contributed by atoms with Gasteiger partial charge in [-0.05, 0) is 31.2 Å². The van der Waals surface area contributed by atoms with Crippen LogP contribution >= 0.6 is 12.4 Å². The number of carboxylic acids is 1. The van der Waals surface area contributed by atoms with Crippen molar-refractivity contribution in [1.82, 2.24) is 9.21 Å². The third-order valence-corrected chi connectivity index (χ3v) is 5.89. The van der Waals surface area contributed by atoms with Crippen molar-refractivity contribution in [2.45, 2.75) is 18.2 Å². The van der Waals surface area contributed by atoms with Gasteiger partial charge in [-0.15, -0.1) is 12.4 Å². The first-order valence-electron chi connectivity index (χ1n) is 8.75. The van der Waals surface area contributed by atoms with Crippen LogP contribution in [0.3, 0.4) is 0 Å². The van der Waals surface area contributed by atoms with Gasteiger partial charge in [0, 0.05) is 18.8 Å². The molecule has 1 aliphatic heterocycles. The van der Waals surface area contributed by atoms with E-state index in [1.54, 1.807) is 12.1 Å². The number of hydrogen-bond acceptors (Lipinski definition) is 6. The van der Waals surface area contributed by atoms with Crippen molar-refractivity contribution in [3.8, 4) is 0 Å². The number of morpholine rings is 1. The van der Waals surface area contributed by atoms with Crippen molar-refractivity contribution in [2.24, 2.45) is 0 Å². The number of amides is 1. The number of carbonyl (C=O) groups is 2. The van der Waals surface area contributed by atoms with Gasteiger partial charge in [-0.25, -0.2) is 8.42 Å². The highest BCUT2D eigenvalue weighted by Crippen LogP contribution is 2.20. The van der Waals surface area contributed by atoms with E-state index >= 15 is 0 Å². The van der Waals surface area contributed by atoms with Gasteiger partial charge < -0.3 is 15.2 Å². The van der Waals surface area contributed by atoms with Crippen LogP contribution < -0.4 is 5.32 Å². The molecular formula is C17H26ClN3O6S. The summed E-state index contributed by atoms with van der Waals surface area (Å²) in [7, 11) is -3.65. The number of anilines is 1. The zero-order valence-corrected chi connectivity index (χ0v) is 17.3. The van der Waals surface area contributed by atoms with E-state index in [9.17, 15) is 18.0 Å². The molecule has 0 bridgehead atoms. The SMILES string of the molecule is CCCN(CC(=O)O)CC(=O)Nc1cccc(S(=O)(=O)N2CCOCC2)c1.Cl. The number of hydrogen-bond donors (Lipinski definition) is 2. The highest BCUT2D eigenvalue weighted by molar-refractivity contribution is 7.89. The number of rotatable bonds is 9. The molecule has 0 saturated carbocycles. The summed E-state index contributed by atoms with van der Waals surface area (Å²) in [4.78, 5) is 24.7. The molecule has 28 heavy (non-hydrogen) atoms. The zero-order chi connectivity index (χ0) is 19.9. The van der Waals surface area contributed by atoms with Gasteiger partial charge in [-0.3, -0.25) is 14.5 Å². The van der Waals surface area contributed by atoms with E-state index in [0.717, 1.165) is 0 Å². The zero-order valence-electron chi connectivity index (χ0n) is 15.7. The normalized spacial score (nSPS) is 15.1. The Hall–Kier alpha value is -1.72. The number of carbonyl (C=O) groups excluding carboxylic acids is 1. The third kappa shape index (κ3) is 7.02. The Labute approximate surface area is 171 Å². The summed E-state index contributed by atoms with van der Waals surface area (Å²) in [5.41, 5.74) is 0.348. The van der Waals surface area contributed by atoms with Gasteiger partial charge in [0.05, 0.1) is 31.2 Å². The van der Waals surface area contributed by atoms with E-state index in [1.165, 1.54) is 21.3 Å². The van der Waals surface area contributed by atoms with Crippen molar-refractivity contribution in [3.63, 3.8) is 0 Å². The van der Waals surface area contributed by atoms with Gasteiger partial charge in [0.1, 0.15) is 0 Å². The molecule has 1 aliphatic rings. The Morgan fingerprint density at radius 1 is 1.25 bits per heavy atom. The van der Waals surface area contributed by atoms with Crippen molar-refractivity contribution < 1.29 is 27.9 Å². The van der Waals surface area contributed by atoms with Crippen LogP contribution in [0.1, 0.15) is 13.3 Å². The monoisotopic (exact) mass is 435 g/mol. The minimum absolute atomic E-state index is 0. The maximum Gasteiger partial charge on any atom is 0.317 e. The molecule has 158 valence electrons. The lowest BCUT2D eigenvalue weighted by Gasteiger charge is -2.26. The molecule has 11 heteroatoms. The fourth-order valence-electron chi connectivity index (χ4n) is 2.80. The summed E-state index contributed by atoms with van der Waals surface area (Å²) < 4.78 is 31.9. The van der Waals surface area contributed by atoms with E-state index in [4.69, 9.17) is 9.84 Å². The number of carboxylic acid groups (broad SMARTS) is 1. The Bertz CT molecular complexity index is 768. The average Bonchev–Trinajstić information content (AvgIpc) is 2.62. The smallest absolute Gasteiger partial charge is 0.317 e. The van der Waals surface area contributed by atoms with Crippen molar-refractivity contribution in [2.75, 3.05) is 51.3 Å². The number of nitrogens with zero attached hydrogens (tertiary/aromatic N) is 2. The van der Waals surface area contributed by atoms with Crippen LogP contribution in [0, 0.1) is 0 Å². The predicted molar refractivity (Wildman–Crippen MR) is 106 cm³/mol. The maximum absolute atomic E-state index is 12.7. The van der Waals surface area contributed by atoms with E-state index in [-0.39, 0.29) is 30.4 Å². The molecule has 0 atom stereocenters. The molecule has 1 fully saturated rings. The van der Waals surface area contributed by atoms with Crippen LogP contribution in [0.4, 0.5) is 5.69 Å². The first kappa shape index (κ1) is 24.3. The van der Waals surface area contributed by atoms with Crippen LogP contribution in [0.2, 0.25) is 0 Å². The molecule has 0 unspecified atom stereocenters. The maximum atomic E-state index is 12.7. The lowest BCUT2D eigenvalue weighted by Crippen LogP contribution is -2.40. The molecular weight excluding hydrogens is 410 g/mol. The van der Waals surface area contributed by atoms with Crippen LogP contribution in [-0.4, -0.2) is 80.5 Å². The van der Waals surface area contributed by atoms with Crippen molar-refractivity contribution in [1.29, 1.82) is 0 Å². The van der Waals surface area contributed by atoms with E-state index in [0.29, 0.717) is 45.0 Å². The summed E-state index contributed by atoms with van der Waals surface area (Å²) in [6.45, 7) is 3.35. The average molecular weight is 436 g/mol. The quantitative estimate of drug-likeness (QED) is 0.591. The third-order valence-electron chi connectivity index (χ3n) is 3.99. The van der Waals surface area contributed by atoms with Crippen LogP contribution in [0.25, 0.3) is 0 Å². The Kier molecular flexibility index (Phi) is 9.83. The topological polar surface area (TPSA) is 116 Å². The minimum atomic E-state index is -3.65. The molecule has 2 rings (SSSR count). The highest BCUT2D eigenvalue weighted by atomic mass is 35.5. The number of ether oxygens (including phenoxy) is 1. The lowest BCUT2D eigenvalue weighted by molar-refractivity contribution is -0.138. The predicted octanol–water partition coefficient (Wildman–Crippen LogP) is 0.864. The van der Waals surface area contributed by atoms with Gasteiger partial charge >= 0.3 is 5.97 Å². The van der Waals surface area contributed by atoms with Gasteiger partial charge in [0.15, 0.2) is 0 Å². The Morgan fingerprint density at radius 2 is 1.93 bits per heavy atom. The fourth-order valence-corrected chi connectivity index (χ4v) is 4.25. The molecule has 0 aromatic heterocycles. The van der Waals surface area contributed by atoms with Crippen molar-refractivity contribution >= 4 is 40.0 Å². The summed E-state index contributed by atoms with van der Waals surface area (Å²) >= 11 is 0. The molecule has 0 radical (unpaired) electrons. The molecule has 1 aromatic carbocycles. The molecule has 1 amide bonds. The van der Waals surface area contributed by atoms with Crippen LogP contribution in [0.5, 0.6) is 0 Å². The summed E-state index contributed by atoms with van der Waals surface area (Å²) in [5.74, 6) is -1.40. The first-order chi connectivity index (χ1) is 12.8. The van der Waals surface area contributed by atoms with Crippen LogP contribution in [0.15, 0.2) is 29.2 Å². The van der Waals surface area contributed by atoms with Gasteiger partial charge in [0.25, 0.3) is 0 Å². The molecule has 0 spiro atoms. The number of benzene rings is 1.